The van der Waals surface area contributed by atoms with Crippen LogP contribution < -0.4 is 10.6 Å². The largest absolute Gasteiger partial charge is 0.364 e. The second kappa shape index (κ2) is 6.19. The summed E-state index contributed by atoms with van der Waals surface area (Å²) in [4.78, 5) is 6.34. The molecule has 0 unspecified atom stereocenters. The van der Waals surface area contributed by atoms with Gasteiger partial charge in [-0.15, -0.1) is 12.4 Å². The van der Waals surface area contributed by atoms with E-state index in [-0.39, 0.29) is 24.8 Å². The number of hydrogen-bond acceptors (Lipinski definition) is 5. The summed E-state index contributed by atoms with van der Waals surface area (Å²) in [5.74, 6) is 0.856. The summed E-state index contributed by atoms with van der Waals surface area (Å²) in [5, 5.41) is 3.89. The zero-order chi connectivity index (χ0) is 13.2. The van der Waals surface area contributed by atoms with Gasteiger partial charge in [0.05, 0.1) is 13.1 Å². The molecule has 1 aromatic carbocycles. The van der Waals surface area contributed by atoms with Crippen LogP contribution in [-0.4, -0.2) is 16.7 Å². The van der Waals surface area contributed by atoms with Crippen LogP contribution in [0, 0.1) is 5.82 Å². The Hall–Kier alpha value is -1.66. The van der Waals surface area contributed by atoms with Gasteiger partial charge in [-0.1, -0.05) is 5.16 Å². The van der Waals surface area contributed by atoms with E-state index in [0.717, 1.165) is 30.6 Å². The van der Waals surface area contributed by atoms with Gasteiger partial charge in [-0.05, 0) is 36.6 Å². The van der Waals surface area contributed by atoms with Crippen molar-refractivity contribution in [3.05, 3.63) is 41.3 Å². The lowest BCUT2D eigenvalue weighted by Crippen LogP contribution is -2.29. The van der Waals surface area contributed by atoms with Gasteiger partial charge in [0.1, 0.15) is 5.82 Å². The van der Waals surface area contributed by atoms with Crippen molar-refractivity contribution in [3.8, 4) is 0 Å². The summed E-state index contributed by atoms with van der Waals surface area (Å²) in [5.41, 5.74) is 7.52. The fraction of sp³-hybridized carbons (Fsp3) is 0.385. The maximum Gasteiger partial charge on any atom is 0.240 e. The molecular weight excluding hydrogens is 283 g/mol. The molecule has 1 aliphatic heterocycles. The second-order valence-corrected chi connectivity index (χ2v) is 4.61. The van der Waals surface area contributed by atoms with E-state index in [1.165, 1.54) is 6.07 Å². The molecule has 2 N–H and O–H groups in total. The fourth-order valence-electron chi connectivity index (χ4n) is 2.42. The molecule has 1 aliphatic rings. The predicted octanol–water partition coefficient (Wildman–Crippen LogP) is 2.04. The number of aromatic nitrogens is 2. The van der Waals surface area contributed by atoms with Crippen LogP contribution in [0.3, 0.4) is 0 Å². The number of fused-ring (bicyclic) bond motifs is 1. The van der Waals surface area contributed by atoms with E-state index in [1.54, 1.807) is 6.07 Å². The zero-order valence-corrected chi connectivity index (χ0v) is 11.7. The molecule has 1 aromatic heterocycles. The highest BCUT2D eigenvalue weighted by Gasteiger charge is 2.19. The molecule has 0 bridgehead atoms. The maximum absolute atomic E-state index is 13.2. The summed E-state index contributed by atoms with van der Waals surface area (Å²) < 4.78 is 18.2. The van der Waals surface area contributed by atoms with E-state index in [2.05, 4.69) is 15.0 Å². The molecule has 0 saturated carbocycles. The van der Waals surface area contributed by atoms with E-state index in [4.69, 9.17) is 10.3 Å². The Morgan fingerprint density at radius 1 is 1.40 bits per heavy atom. The van der Waals surface area contributed by atoms with Gasteiger partial charge in [-0.3, -0.25) is 0 Å². The molecule has 0 fully saturated rings. The molecule has 7 heteroatoms. The zero-order valence-electron chi connectivity index (χ0n) is 10.9. The van der Waals surface area contributed by atoms with Crippen LogP contribution in [0.2, 0.25) is 0 Å². The first kappa shape index (κ1) is 14.7. The second-order valence-electron chi connectivity index (χ2n) is 4.61. The summed E-state index contributed by atoms with van der Waals surface area (Å²) in [6.45, 7) is 1.71. The molecule has 2 aromatic rings. The Labute approximate surface area is 122 Å². The Balaban J connectivity index is 0.00000147. The first-order valence-electron chi connectivity index (χ1n) is 6.31. The quantitative estimate of drug-likeness (QED) is 0.939. The Morgan fingerprint density at radius 3 is 3.00 bits per heavy atom. The smallest absolute Gasteiger partial charge is 0.240 e. The number of nitrogens with zero attached hydrogens (tertiary/aromatic N) is 3. The average molecular weight is 299 g/mol. The third kappa shape index (κ3) is 2.91. The topological polar surface area (TPSA) is 68.2 Å². The van der Waals surface area contributed by atoms with Gasteiger partial charge in [0, 0.05) is 12.2 Å². The van der Waals surface area contributed by atoms with Crippen LogP contribution in [0.1, 0.15) is 23.7 Å². The molecule has 3 rings (SSSR count). The predicted molar refractivity (Wildman–Crippen MR) is 75.2 cm³/mol. The molecule has 0 radical (unpaired) electrons. The Kier molecular flexibility index (Phi) is 4.57. The first-order chi connectivity index (χ1) is 9.26. The third-order valence-electron chi connectivity index (χ3n) is 3.27. The molecule has 108 valence electrons. The van der Waals surface area contributed by atoms with Crippen molar-refractivity contribution in [2.75, 3.05) is 11.4 Å². The van der Waals surface area contributed by atoms with Gasteiger partial charge in [-0.25, -0.2) is 4.39 Å². The minimum Gasteiger partial charge on any atom is -0.364 e. The number of anilines is 1. The molecule has 0 saturated heterocycles. The van der Waals surface area contributed by atoms with Crippen LogP contribution in [0.15, 0.2) is 22.7 Å². The van der Waals surface area contributed by atoms with Crippen molar-refractivity contribution in [2.24, 2.45) is 5.73 Å². The summed E-state index contributed by atoms with van der Waals surface area (Å²) in [6, 6.07) is 4.90. The molecule has 20 heavy (non-hydrogen) atoms. The number of halogens is 2. The molecule has 0 atom stereocenters. The first-order valence-corrected chi connectivity index (χ1v) is 6.31. The number of aryl methyl sites for hydroxylation is 1. The summed E-state index contributed by atoms with van der Waals surface area (Å²) in [7, 11) is 0. The van der Waals surface area contributed by atoms with E-state index in [0.29, 0.717) is 18.3 Å². The van der Waals surface area contributed by atoms with Crippen LogP contribution >= 0.6 is 12.4 Å². The molecule has 2 heterocycles. The molecular formula is C13H16ClFN4O. The van der Waals surface area contributed by atoms with E-state index in [1.807, 2.05) is 6.07 Å². The van der Waals surface area contributed by atoms with Gasteiger partial charge in [-0.2, -0.15) is 4.98 Å². The van der Waals surface area contributed by atoms with Crippen molar-refractivity contribution in [1.29, 1.82) is 0 Å². The van der Waals surface area contributed by atoms with E-state index in [9.17, 15) is 4.39 Å². The summed E-state index contributed by atoms with van der Waals surface area (Å²) in [6.07, 6.45) is 1.90. The lowest BCUT2D eigenvalue weighted by Gasteiger charge is -2.30. The van der Waals surface area contributed by atoms with Gasteiger partial charge < -0.3 is 15.2 Å². The highest BCUT2D eigenvalue weighted by molar-refractivity contribution is 5.85. The minimum absolute atomic E-state index is 0. The third-order valence-corrected chi connectivity index (χ3v) is 3.27. The minimum atomic E-state index is -0.189. The maximum atomic E-state index is 13.2. The number of nitrogens with two attached hydrogens (primary N) is 1. The van der Waals surface area contributed by atoms with Crippen LogP contribution in [0.4, 0.5) is 10.1 Å². The highest BCUT2D eigenvalue weighted by Crippen LogP contribution is 2.28. The van der Waals surface area contributed by atoms with Crippen molar-refractivity contribution in [2.45, 2.75) is 25.9 Å². The van der Waals surface area contributed by atoms with E-state index < -0.39 is 0 Å². The Bertz CT molecular complexity index is 590. The molecule has 5 nitrogen and oxygen atoms in total. The number of benzene rings is 1. The summed E-state index contributed by atoms with van der Waals surface area (Å²) >= 11 is 0. The van der Waals surface area contributed by atoms with Gasteiger partial charge >= 0.3 is 0 Å². The van der Waals surface area contributed by atoms with Crippen molar-refractivity contribution in [3.63, 3.8) is 0 Å². The normalized spacial score (nSPS) is 13.8. The monoisotopic (exact) mass is 298 g/mol. The van der Waals surface area contributed by atoms with Gasteiger partial charge in [0.2, 0.25) is 5.89 Å². The lowest BCUT2D eigenvalue weighted by molar-refractivity contribution is 0.374. The Morgan fingerprint density at radius 2 is 2.25 bits per heavy atom. The molecule has 0 aliphatic carbocycles. The number of hydrogen-bond donors (Lipinski definition) is 1. The van der Waals surface area contributed by atoms with Crippen LogP contribution in [0.25, 0.3) is 0 Å². The van der Waals surface area contributed by atoms with Crippen LogP contribution in [0.5, 0.6) is 0 Å². The van der Waals surface area contributed by atoms with Crippen LogP contribution in [-0.2, 0) is 19.5 Å². The molecule has 0 spiro atoms. The SMILES string of the molecule is Cl.NCc1nc(CN2CCCc3cc(F)ccc32)no1. The van der Waals surface area contributed by atoms with E-state index >= 15 is 0 Å². The standard InChI is InChI=1S/C13H15FN4O.ClH/c14-10-3-4-11-9(6-10)2-1-5-18(11)8-12-16-13(7-15)19-17-12;/h3-4,6H,1-2,5,7-8,15H2;1H. The average Bonchev–Trinajstić information content (AvgIpc) is 2.86. The van der Waals surface area contributed by atoms with Crippen molar-refractivity contribution in [1.82, 2.24) is 10.1 Å². The lowest BCUT2D eigenvalue weighted by atomic mass is 10.0. The number of rotatable bonds is 3. The van der Waals surface area contributed by atoms with Crippen molar-refractivity contribution < 1.29 is 8.91 Å². The highest BCUT2D eigenvalue weighted by atomic mass is 35.5. The van der Waals surface area contributed by atoms with Crippen molar-refractivity contribution >= 4 is 18.1 Å². The van der Waals surface area contributed by atoms with Gasteiger partial charge in [0.25, 0.3) is 0 Å². The van der Waals surface area contributed by atoms with Gasteiger partial charge in [0.15, 0.2) is 5.82 Å². The molecule has 0 amide bonds. The fourth-order valence-corrected chi connectivity index (χ4v) is 2.42.